The van der Waals surface area contributed by atoms with Gasteiger partial charge >= 0.3 is 0 Å². The van der Waals surface area contributed by atoms with Crippen molar-refractivity contribution in [3.8, 4) is 0 Å². The van der Waals surface area contributed by atoms with Gasteiger partial charge in [0.1, 0.15) is 0 Å². The average molecular weight is 303 g/mol. The van der Waals surface area contributed by atoms with E-state index in [4.69, 9.17) is 0 Å². The Morgan fingerprint density at radius 1 is 1.18 bits per heavy atom. The molecule has 0 spiro atoms. The predicted octanol–water partition coefficient (Wildman–Crippen LogP) is 1.81. The van der Waals surface area contributed by atoms with Crippen LogP contribution in [-0.4, -0.2) is 54.8 Å². The molecule has 1 saturated heterocycles. The summed E-state index contributed by atoms with van der Waals surface area (Å²) in [6.07, 6.45) is 1.59. The number of nitrogens with zero attached hydrogens (tertiary/aromatic N) is 2. The molecule has 120 valence electrons. The second-order valence-electron chi connectivity index (χ2n) is 6.07. The zero-order valence-corrected chi connectivity index (χ0v) is 13.6. The van der Waals surface area contributed by atoms with Gasteiger partial charge in [-0.15, -0.1) is 0 Å². The Hall–Kier alpha value is -1.88. The summed E-state index contributed by atoms with van der Waals surface area (Å²) in [5.41, 5.74) is 0.839. The number of likely N-dealkylation sites (tertiary alicyclic amines) is 1. The lowest BCUT2D eigenvalue weighted by Crippen LogP contribution is -2.49. The van der Waals surface area contributed by atoms with Gasteiger partial charge in [0.05, 0.1) is 6.04 Å². The van der Waals surface area contributed by atoms with Crippen LogP contribution in [-0.2, 0) is 9.59 Å². The Kier molecular flexibility index (Phi) is 5.55. The number of benzene rings is 1. The molecule has 0 bridgehead atoms. The monoisotopic (exact) mass is 303 g/mol. The van der Waals surface area contributed by atoms with Crippen molar-refractivity contribution in [1.82, 2.24) is 9.80 Å². The molecule has 1 N–H and O–H groups in total. The summed E-state index contributed by atoms with van der Waals surface area (Å²) >= 11 is 0. The molecule has 1 aromatic carbocycles. The molecule has 1 aliphatic heterocycles. The first-order valence-electron chi connectivity index (χ1n) is 7.80. The molecule has 1 fully saturated rings. The van der Waals surface area contributed by atoms with Crippen LogP contribution in [0, 0.1) is 5.92 Å². The van der Waals surface area contributed by atoms with Crippen LogP contribution in [0.5, 0.6) is 0 Å². The molecular weight excluding hydrogens is 278 g/mol. The predicted molar refractivity (Wildman–Crippen MR) is 87.5 cm³/mol. The Bertz CT molecular complexity index is 508. The third-order valence-corrected chi connectivity index (χ3v) is 4.29. The van der Waals surface area contributed by atoms with Crippen LogP contribution in [0.4, 0.5) is 5.69 Å². The van der Waals surface area contributed by atoms with Gasteiger partial charge in [0.2, 0.25) is 11.8 Å². The number of anilines is 1. The molecule has 1 aliphatic rings. The fourth-order valence-electron chi connectivity index (χ4n) is 2.84. The quantitative estimate of drug-likeness (QED) is 0.923. The Labute approximate surface area is 132 Å². The highest BCUT2D eigenvalue weighted by molar-refractivity contribution is 5.92. The van der Waals surface area contributed by atoms with Crippen molar-refractivity contribution in [2.24, 2.45) is 5.92 Å². The molecule has 1 atom stereocenters. The van der Waals surface area contributed by atoms with E-state index >= 15 is 0 Å². The standard InChI is InChI=1S/C17H25N3O2/c1-13(17(22)19(2)3)20-11-9-14(10-12-20)16(21)18-15-7-5-4-6-8-15/h4-8,13-14H,9-12H2,1-3H3,(H,18,21). The number of hydrogen-bond acceptors (Lipinski definition) is 3. The van der Waals surface area contributed by atoms with Crippen LogP contribution in [0.15, 0.2) is 30.3 Å². The first kappa shape index (κ1) is 16.5. The average Bonchev–Trinajstić information content (AvgIpc) is 2.54. The SMILES string of the molecule is CC(C(=O)N(C)C)N1CCC(C(=O)Nc2ccccc2)CC1. The van der Waals surface area contributed by atoms with Crippen molar-refractivity contribution < 1.29 is 9.59 Å². The Morgan fingerprint density at radius 2 is 1.77 bits per heavy atom. The van der Waals surface area contributed by atoms with Crippen LogP contribution in [0.25, 0.3) is 0 Å². The Balaban J connectivity index is 1.84. The highest BCUT2D eigenvalue weighted by Crippen LogP contribution is 2.21. The van der Waals surface area contributed by atoms with E-state index < -0.39 is 0 Å². The lowest BCUT2D eigenvalue weighted by molar-refractivity contribution is -0.134. The van der Waals surface area contributed by atoms with Gasteiger partial charge in [0.25, 0.3) is 0 Å². The number of hydrogen-bond donors (Lipinski definition) is 1. The van der Waals surface area contributed by atoms with Crippen molar-refractivity contribution >= 4 is 17.5 Å². The van der Waals surface area contributed by atoms with Gasteiger partial charge < -0.3 is 10.2 Å². The Morgan fingerprint density at radius 3 is 2.32 bits per heavy atom. The minimum Gasteiger partial charge on any atom is -0.347 e. The molecule has 2 amide bonds. The molecular formula is C17H25N3O2. The van der Waals surface area contributed by atoms with Gasteiger partial charge in [0, 0.05) is 25.7 Å². The summed E-state index contributed by atoms with van der Waals surface area (Å²) in [4.78, 5) is 28.1. The number of amides is 2. The zero-order valence-electron chi connectivity index (χ0n) is 13.6. The molecule has 1 aromatic rings. The maximum Gasteiger partial charge on any atom is 0.239 e. The topological polar surface area (TPSA) is 52.7 Å². The number of piperidine rings is 1. The smallest absolute Gasteiger partial charge is 0.239 e. The van der Waals surface area contributed by atoms with Gasteiger partial charge in [-0.3, -0.25) is 14.5 Å². The lowest BCUT2D eigenvalue weighted by Gasteiger charge is -2.35. The maximum atomic E-state index is 12.3. The third-order valence-electron chi connectivity index (χ3n) is 4.29. The summed E-state index contributed by atoms with van der Waals surface area (Å²) in [7, 11) is 3.55. The van der Waals surface area contributed by atoms with Crippen molar-refractivity contribution in [3.63, 3.8) is 0 Å². The number of carbonyl (C=O) groups is 2. The molecule has 2 rings (SSSR count). The lowest BCUT2D eigenvalue weighted by atomic mass is 9.94. The van der Waals surface area contributed by atoms with Crippen molar-refractivity contribution in [1.29, 1.82) is 0 Å². The number of para-hydroxylation sites is 1. The van der Waals surface area contributed by atoms with Gasteiger partial charge in [-0.05, 0) is 45.0 Å². The summed E-state index contributed by atoms with van der Waals surface area (Å²) in [6, 6.07) is 9.42. The highest BCUT2D eigenvalue weighted by Gasteiger charge is 2.30. The van der Waals surface area contributed by atoms with E-state index in [0.29, 0.717) is 0 Å². The molecule has 1 heterocycles. The maximum absolute atomic E-state index is 12.3. The van der Waals surface area contributed by atoms with E-state index in [1.165, 1.54) is 0 Å². The summed E-state index contributed by atoms with van der Waals surface area (Å²) in [5, 5.41) is 2.96. The second-order valence-corrected chi connectivity index (χ2v) is 6.07. The van der Waals surface area contributed by atoms with Crippen LogP contribution in [0.2, 0.25) is 0 Å². The van der Waals surface area contributed by atoms with E-state index in [1.54, 1.807) is 19.0 Å². The van der Waals surface area contributed by atoms with Crippen LogP contribution < -0.4 is 5.32 Å². The summed E-state index contributed by atoms with van der Waals surface area (Å²) in [6.45, 7) is 3.51. The fourth-order valence-corrected chi connectivity index (χ4v) is 2.84. The van der Waals surface area contributed by atoms with Crippen LogP contribution in [0.1, 0.15) is 19.8 Å². The minimum absolute atomic E-state index is 0.0260. The molecule has 0 aliphatic carbocycles. The molecule has 0 aromatic heterocycles. The second kappa shape index (κ2) is 7.40. The molecule has 0 saturated carbocycles. The summed E-state index contributed by atoms with van der Waals surface area (Å²) in [5.74, 6) is 0.225. The van der Waals surface area contributed by atoms with Crippen molar-refractivity contribution in [3.05, 3.63) is 30.3 Å². The molecule has 0 radical (unpaired) electrons. The summed E-state index contributed by atoms with van der Waals surface area (Å²) < 4.78 is 0. The largest absolute Gasteiger partial charge is 0.347 e. The van der Waals surface area contributed by atoms with E-state index in [2.05, 4.69) is 10.2 Å². The molecule has 22 heavy (non-hydrogen) atoms. The zero-order chi connectivity index (χ0) is 16.1. The van der Waals surface area contributed by atoms with Crippen LogP contribution in [0.3, 0.4) is 0 Å². The van der Waals surface area contributed by atoms with Crippen LogP contribution >= 0.6 is 0 Å². The van der Waals surface area contributed by atoms with Gasteiger partial charge in [-0.25, -0.2) is 0 Å². The number of carbonyl (C=O) groups excluding carboxylic acids is 2. The molecule has 5 nitrogen and oxygen atoms in total. The van der Waals surface area contributed by atoms with E-state index in [1.807, 2.05) is 37.3 Å². The van der Waals surface area contributed by atoms with Gasteiger partial charge in [-0.2, -0.15) is 0 Å². The third kappa shape index (κ3) is 4.07. The van der Waals surface area contributed by atoms with Gasteiger partial charge in [-0.1, -0.05) is 18.2 Å². The van der Waals surface area contributed by atoms with Crippen molar-refractivity contribution in [2.45, 2.75) is 25.8 Å². The highest BCUT2D eigenvalue weighted by atomic mass is 16.2. The number of nitrogens with one attached hydrogen (secondary N) is 1. The molecule has 5 heteroatoms. The number of rotatable bonds is 4. The van der Waals surface area contributed by atoms with Crippen molar-refractivity contribution in [2.75, 3.05) is 32.5 Å². The molecule has 1 unspecified atom stereocenters. The first-order valence-corrected chi connectivity index (χ1v) is 7.80. The van der Waals surface area contributed by atoms with E-state index in [0.717, 1.165) is 31.6 Å². The normalized spacial score (nSPS) is 17.8. The van der Waals surface area contributed by atoms with E-state index in [9.17, 15) is 9.59 Å². The fraction of sp³-hybridized carbons (Fsp3) is 0.529. The minimum atomic E-state index is -0.117. The number of likely N-dealkylation sites (N-methyl/N-ethyl adjacent to an activating group) is 1. The van der Waals surface area contributed by atoms with Gasteiger partial charge in [0.15, 0.2) is 0 Å². The van der Waals surface area contributed by atoms with E-state index in [-0.39, 0.29) is 23.8 Å². The first-order chi connectivity index (χ1) is 10.5.